The number of hydrogen-bond acceptors (Lipinski definition) is 2. The van der Waals surface area contributed by atoms with Gasteiger partial charge in [-0.05, 0) is 70.1 Å². The van der Waals surface area contributed by atoms with Crippen LogP contribution in [0.5, 0.6) is 0 Å². The topological polar surface area (TPSA) is 57.7 Å². The first-order chi connectivity index (χ1) is 12.1. The minimum absolute atomic E-state index is 0.0355. The molecule has 2 aliphatic carbocycles. The van der Waals surface area contributed by atoms with Crippen molar-refractivity contribution < 1.29 is 9.84 Å². The van der Waals surface area contributed by atoms with Gasteiger partial charge >= 0.3 is 0 Å². The number of rotatable bonds is 4. The Kier molecular flexibility index (Phi) is 5.37. The monoisotopic (exact) mass is 362 g/mol. The average molecular weight is 363 g/mol. The second kappa shape index (κ2) is 6.88. The van der Waals surface area contributed by atoms with Crippen LogP contribution in [0.25, 0.3) is 10.6 Å². The Morgan fingerprint density at radius 3 is 2.46 bits per heavy atom. The van der Waals surface area contributed by atoms with Gasteiger partial charge in [0.15, 0.2) is 0 Å². The lowest BCUT2D eigenvalue weighted by Gasteiger charge is -2.60. The number of allylic oxidation sites excluding steroid dienone is 1. The molecule has 1 N–H and O–H groups in total. The quantitative estimate of drug-likeness (QED) is 0.729. The van der Waals surface area contributed by atoms with Gasteiger partial charge in [-0.1, -0.05) is 26.0 Å². The van der Waals surface area contributed by atoms with Crippen LogP contribution in [-0.2, 0) is 4.74 Å². The standard InChI is InChI=1S/C22H38N2O2/c1-14-8-9-16(18-15(14)10-12-21(4,25)19(18)23-6)22(5)13-11-17(26-22)20(2,3)24-7/h15-19,25H,1,8-13H2,2-7H3/q-2. The summed E-state index contributed by atoms with van der Waals surface area (Å²) in [6, 6.07) is -0.0355. The van der Waals surface area contributed by atoms with E-state index in [1.165, 1.54) is 5.57 Å². The van der Waals surface area contributed by atoms with E-state index >= 15 is 0 Å². The van der Waals surface area contributed by atoms with Crippen molar-refractivity contribution in [3.05, 3.63) is 22.8 Å². The van der Waals surface area contributed by atoms with Crippen LogP contribution in [0, 0.1) is 17.8 Å². The molecule has 150 valence electrons. The molecule has 0 bridgehead atoms. The van der Waals surface area contributed by atoms with Gasteiger partial charge in [-0.3, -0.25) is 0 Å². The van der Waals surface area contributed by atoms with E-state index in [-0.39, 0.29) is 23.3 Å². The highest BCUT2D eigenvalue weighted by Gasteiger charge is 2.54. The highest BCUT2D eigenvalue weighted by atomic mass is 16.5. The molecule has 7 atom stereocenters. The summed E-state index contributed by atoms with van der Waals surface area (Å²) in [5.74, 6) is 1.21. The van der Waals surface area contributed by atoms with Crippen molar-refractivity contribution in [1.82, 2.24) is 0 Å². The first-order valence-corrected chi connectivity index (χ1v) is 10.3. The number of aliphatic hydroxyl groups is 1. The zero-order chi connectivity index (χ0) is 19.3. The van der Waals surface area contributed by atoms with Crippen molar-refractivity contribution in [3.63, 3.8) is 0 Å². The van der Waals surface area contributed by atoms with Gasteiger partial charge in [0.05, 0.1) is 5.60 Å². The second-order valence-electron chi connectivity index (χ2n) is 9.92. The molecule has 0 radical (unpaired) electrons. The van der Waals surface area contributed by atoms with Crippen LogP contribution >= 0.6 is 0 Å². The van der Waals surface area contributed by atoms with Crippen molar-refractivity contribution in [2.24, 2.45) is 17.8 Å². The van der Waals surface area contributed by atoms with Crippen LogP contribution in [0.4, 0.5) is 0 Å². The maximum Gasteiger partial charge on any atom is 0.0689 e. The molecule has 3 fully saturated rings. The predicted molar refractivity (Wildman–Crippen MR) is 108 cm³/mol. The molecule has 4 nitrogen and oxygen atoms in total. The molecule has 7 unspecified atom stereocenters. The van der Waals surface area contributed by atoms with Crippen molar-refractivity contribution in [2.45, 2.75) is 95.1 Å². The van der Waals surface area contributed by atoms with Crippen LogP contribution in [0.15, 0.2) is 12.2 Å². The molecular weight excluding hydrogens is 324 g/mol. The second-order valence-corrected chi connectivity index (χ2v) is 9.92. The van der Waals surface area contributed by atoms with E-state index in [1.54, 1.807) is 0 Å². The Labute approximate surface area is 160 Å². The number of likely N-dealkylation sites (N-methyl/N-ethyl adjacent to an activating group) is 2. The number of ether oxygens (including phenoxy) is 1. The molecule has 1 saturated heterocycles. The molecule has 3 aliphatic rings. The fourth-order valence-corrected chi connectivity index (χ4v) is 6.06. The summed E-state index contributed by atoms with van der Waals surface area (Å²) in [6.45, 7) is 13.0. The maximum absolute atomic E-state index is 11.0. The fraction of sp³-hybridized carbons (Fsp3) is 0.909. The normalized spacial score (nSPS) is 47.0. The lowest BCUT2D eigenvalue weighted by Crippen LogP contribution is -2.58. The van der Waals surface area contributed by atoms with E-state index < -0.39 is 5.60 Å². The van der Waals surface area contributed by atoms with Gasteiger partial charge in [0.2, 0.25) is 0 Å². The summed E-state index contributed by atoms with van der Waals surface area (Å²) in [4.78, 5) is 0. The fourth-order valence-electron chi connectivity index (χ4n) is 6.06. The van der Waals surface area contributed by atoms with Gasteiger partial charge in [-0.15, -0.1) is 11.6 Å². The summed E-state index contributed by atoms with van der Waals surface area (Å²) >= 11 is 0. The molecule has 2 saturated carbocycles. The van der Waals surface area contributed by atoms with E-state index in [0.29, 0.717) is 17.8 Å². The largest absolute Gasteiger partial charge is 0.660 e. The Morgan fingerprint density at radius 2 is 1.85 bits per heavy atom. The first kappa shape index (κ1) is 20.3. The predicted octanol–water partition coefficient (Wildman–Crippen LogP) is 4.82. The van der Waals surface area contributed by atoms with E-state index in [4.69, 9.17) is 10.1 Å². The Morgan fingerprint density at radius 1 is 1.15 bits per heavy atom. The van der Waals surface area contributed by atoms with Crippen molar-refractivity contribution >= 4 is 0 Å². The van der Waals surface area contributed by atoms with Gasteiger partial charge in [-0.25, -0.2) is 0 Å². The van der Waals surface area contributed by atoms with Crippen LogP contribution in [0.2, 0.25) is 0 Å². The van der Waals surface area contributed by atoms with Crippen molar-refractivity contribution in [3.8, 4) is 0 Å². The molecule has 26 heavy (non-hydrogen) atoms. The van der Waals surface area contributed by atoms with Crippen LogP contribution in [0.1, 0.15) is 66.2 Å². The summed E-state index contributed by atoms with van der Waals surface area (Å²) in [5.41, 5.74) is 0.324. The first-order valence-electron chi connectivity index (χ1n) is 10.3. The van der Waals surface area contributed by atoms with Crippen molar-refractivity contribution in [1.29, 1.82) is 0 Å². The smallest absolute Gasteiger partial charge is 0.0689 e. The van der Waals surface area contributed by atoms with E-state index in [0.717, 1.165) is 38.5 Å². The Balaban J connectivity index is 1.90. The molecule has 1 heterocycles. The lowest BCUT2D eigenvalue weighted by molar-refractivity contribution is -0.132. The lowest BCUT2D eigenvalue weighted by atomic mass is 9.55. The zero-order valence-electron chi connectivity index (χ0n) is 17.6. The number of fused-ring (bicyclic) bond motifs is 1. The summed E-state index contributed by atoms with van der Waals surface area (Å²) in [6.07, 6.45) is 6.29. The average Bonchev–Trinajstić information content (AvgIpc) is 2.98. The molecule has 3 rings (SSSR count). The van der Waals surface area contributed by atoms with Gasteiger partial charge in [0.25, 0.3) is 0 Å². The SMILES string of the molecule is C=C1CCC(C2(C)CCC(C(C)(C)[N-]C)O2)C2C1CCC(C)(O)C2[N-]C. The van der Waals surface area contributed by atoms with Crippen LogP contribution in [-0.4, -0.2) is 48.1 Å². The van der Waals surface area contributed by atoms with Gasteiger partial charge in [0.1, 0.15) is 0 Å². The van der Waals surface area contributed by atoms with Gasteiger partial charge in [-0.2, -0.15) is 14.1 Å². The molecule has 0 amide bonds. The molecular formula is C22H38N2O2-2. The highest BCUT2D eigenvalue weighted by Crippen LogP contribution is 2.56. The third kappa shape index (κ3) is 3.28. The Bertz CT molecular complexity index is 544. The van der Waals surface area contributed by atoms with E-state index in [2.05, 4.69) is 32.7 Å². The van der Waals surface area contributed by atoms with Crippen LogP contribution in [0.3, 0.4) is 0 Å². The molecule has 0 aromatic rings. The number of nitrogens with zero attached hydrogens (tertiary/aromatic N) is 2. The highest BCUT2D eigenvalue weighted by molar-refractivity contribution is 5.22. The van der Waals surface area contributed by atoms with Crippen LogP contribution < -0.4 is 0 Å². The van der Waals surface area contributed by atoms with E-state index in [1.807, 2.05) is 21.0 Å². The Hall–Kier alpha value is -0.420. The molecule has 1 aliphatic heterocycles. The number of hydrogen-bond donors (Lipinski definition) is 1. The van der Waals surface area contributed by atoms with Gasteiger partial charge in [0, 0.05) is 11.7 Å². The van der Waals surface area contributed by atoms with Gasteiger partial charge < -0.3 is 20.5 Å². The summed E-state index contributed by atoms with van der Waals surface area (Å²) < 4.78 is 6.74. The molecule has 0 aromatic carbocycles. The summed E-state index contributed by atoms with van der Waals surface area (Å²) in [7, 11) is 3.76. The van der Waals surface area contributed by atoms with Crippen molar-refractivity contribution in [2.75, 3.05) is 14.1 Å². The maximum atomic E-state index is 11.0. The summed E-state index contributed by atoms with van der Waals surface area (Å²) in [5, 5.41) is 20.3. The minimum atomic E-state index is -0.724. The minimum Gasteiger partial charge on any atom is -0.660 e. The molecule has 0 spiro atoms. The molecule has 0 aromatic heterocycles. The molecule has 4 heteroatoms. The third-order valence-electron chi connectivity index (χ3n) is 7.93. The van der Waals surface area contributed by atoms with E-state index in [9.17, 15) is 5.11 Å². The third-order valence-corrected chi connectivity index (χ3v) is 7.93. The zero-order valence-corrected chi connectivity index (χ0v) is 17.6.